The number of carbonyl (C=O) groups is 1. The largest absolute Gasteiger partial charge is 0.351 e. The molecule has 1 saturated heterocycles. The lowest BCUT2D eigenvalue weighted by Gasteiger charge is -2.13. The first-order chi connectivity index (χ1) is 7.66. The average Bonchev–Trinajstić information content (AvgIpc) is 2.84. The van der Waals surface area contributed by atoms with Gasteiger partial charge in [0.15, 0.2) is 0 Å². The fourth-order valence-corrected chi connectivity index (χ4v) is 2.88. The number of hydrogen-bond donors (Lipinski definition) is 2. The fourth-order valence-electron chi connectivity index (χ4n) is 2.05. The van der Waals surface area contributed by atoms with Crippen LogP contribution in [0.2, 0.25) is 0 Å². The molecule has 4 heteroatoms. The Balaban J connectivity index is 1.83. The third-order valence-corrected chi connectivity index (χ3v) is 4.09. The molecule has 88 valence electrons. The molecule has 0 aromatic carbocycles. The van der Waals surface area contributed by atoms with Crippen molar-refractivity contribution in [2.75, 3.05) is 13.1 Å². The minimum atomic E-state index is 0.140. The number of hydrogen-bond acceptors (Lipinski definition) is 3. The van der Waals surface area contributed by atoms with Crippen molar-refractivity contribution in [3.63, 3.8) is 0 Å². The van der Waals surface area contributed by atoms with Crippen molar-refractivity contribution in [1.29, 1.82) is 0 Å². The minimum absolute atomic E-state index is 0.140. The highest BCUT2D eigenvalue weighted by Crippen LogP contribution is 2.17. The van der Waals surface area contributed by atoms with Crippen molar-refractivity contribution >= 4 is 17.2 Å². The number of aryl methyl sites for hydroxylation is 1. The fraction of sp³-hybridized carbons (Fsp3) is 0.583. The van der Waals surface area contributed by atoms with Gasteiger partial charge in [0, 0.05) is 16.3 Å². The molecule has 0 bridgehead atoms. The van der Waals surface area contributed by atoms with Crippen LogP contribution in [0.1, 0.15) is 16.7 Å². The second kappa shape index (κ2) is 4.97. The van der Waals surface area contributed by atoms with E-state index in [1.807, 2.05) is 0 Å². The van der Waals surface area contributed by atoms with E-state index in [0.717, 1.165) is 13.1 Å². The molecule has 2 heterocycles. The summed E-state index contributed by atoms with van der Waals surface area (Å²) in [6.45, 7) is 6.64. The van der Waals surface area contributed by atoms with Crippen LogP contribution in [-0.4, -0.2) is 19.0 Å². The Morgan fingerprint density at radius 3 is 2.94 bits per heavy atom. The highest BCUT2D eigenvalue weighted by Gasteiger charge is 2.29. The molecule has 0 aliphatic carbocycles. The van der Waals surface area contributed by atoms with Gasteiger partial charge in [0.1, 0.15) is 0 Å². The standard InChI is InChI=1S/C12H18N2OS/c1-8-5-13-7-11(8)12(15)14-6-10-4-3-9(2)16-10/h3-4,8,11,13H,5-7H2,1-2H3,(H,14,15)/t8-,11-/m1/s1. The molecule has 1 aliphatic heterocycles. The summed E-state index contributed by atoms with van der Waals surface area (Å²) in [4.78, 5) is 14.4. The lowest BCUT2D eigenvalue weighted by molar-refractivity contribution is -0.125. The SMILES string of the molecule is Cc1ccc(CNC(=O)[C@@H]2CNC[C@H]2C)s1. The first-order valence-corrected chi connectivity index (χ1v) is 6.52. The molecule has 2 N–H and O–H groups in total. The van der Waals surface area contributed by atoms with E-state index in [2.05, 4.69) is 36.6 Å². The third-order valence-electron chi connectivity index (χ3n) is 3.09. The Hall–Kier alpha value is -0.870. The Bertz CT molecular complexity index is 375. The van der Waals surface area contributed by atoms with Gasteiger partial charge in [0.2, 0.25) is 5.91 Å². The van der Waals surface area contributed by atoms with Crippen LogP contribution in [0.4, 0.5) is 0 Å². The van der Waals surface area contributed by atoms with Gasteiger partial charge in [-0.15, -0.1) is 11.3 Å². The summed E-state index contributed by atoms with van der Waals surface area (Å²) >= 11 is 1.74. The van der Waals surface area contributed by atoms with Gasteiger partial charge in [0.05, 0.1) is 12.5 Å². The Labute approximate surface area is 100 Å². The Morgan fingerprint density at radius 2 is 2.38 bits per heavy atom. The summed E-state index contributed by atoms with van der Waals surface area (Å²) in [5, 5.41) is 6.26. The van der Waals surface area contributed by atoms with Crippen LogP contribution < -0.4 is 10.6 Å². The maximum atomic E-state index is 11.9. The summed E-state index contributed by atoms with van der Waals surface area (Å²) in [6, 6.07) is 4.17. The van der Waals surface area contributed by atoms with Crippen molar-refractivity contribution in [3.05, 3.63) is 21.9 Å². The summed E-state index contributed by atoms with van der Waals surface area (Å²) in [5.41, 5.74) is 0. The Morgan fingerprint density at radius 1 is 1.56 bits per heavy atom. The molecule has 3 nitrogen and oxygen atoms in total. The van der Waals surface area contributed by atoms with Crippen LogP contribution in [0.3, 0.4) is 0 Å². The molecular formula is C12H18N2OS. The lowest BCUT2D eigenvalue weighted by Crippen LogP contribution is -2.33. The molecule has 0 radical (unpaired) electrons. The molecule has 1 aliphatic rings. The second-order valence-corrected chi connectivity index (χ2v) is 5.84. The van der Waals surface area contributed by atoms with Gasteiger partial charge in [-0.05, 0) is 31.5 Å². The molecule has 0 unspecified atom stereocenters. The number of nitrogens with one attached hydrogen (secondary N) is 2. The van der Waals surface area contributed by atoms with Gasteiger partial charge >= 0.3 is 0 Å². The number of rotatable bonds is 3. The van der Waals surface area contributed by atoms with E-state index in [-0.39, 0.29) is 11.8 Å². The van der Waals surface area contributed by atoms with Crippen molar-refractivity contribution in [1.82, 2.24) is 10.6 Å². The molecule has 0 spiro atoms. The van der Waals surface area contributed by atoms with Crippen LogP contribution in [-0.2, 0) is 11.3 Å². The maximum Gasteiger partial charge on any atom is 0.225 e. The number of amides is 1. The minimum Gasteiger partial charge on any atom is -0.351 e. The van der Waals surface area contributed by atoms with E-state index in [1.54, 1.807) is 11.3 Å². The maximum absolute atomic E-state index is 11.9. The van der Waals surface area contributed by atoms with Crippen LogP contribution >= 0.6 is 11.3 Å². The predicted molar refractivity (Wildman–Crippen MR) is 66.4 cm³/mol. The first-order valence-electron chi connectivity index (χ1n) is 5.70. The van der Waals surface area contributed by atoms with Gasteiger partial charge in [0.25, 0.3) is 0 Å². The van der Waals surface area contributed by atoms with E-state index in [0.29, 0.717) is 12.5 Å². The van der Waals surface area contributed by atoms with Crippen LogP contribution in [0.5, 0.6) is 0 Å². The lowest BCUT2D eigenvalue weighted by atomic mass is 9.97. The van der Waals surface area contributed by atoms with Gasteiger partial charge in [-0.3, -0.25) is 4.79 Å². The highest BCUT2D eigenvalue weighted by molar-refractivity contribution is 7.11. The van der Waals surface area contributed by atoms with Crippen molar-refractivity contribution < 1.29 is 4.79 Å². The molecule has 16 heavy (non-hydrogen) atoms. The normalized spacial score (nSPS) is 24.6. The van der Waals surface area contributed by atoms with Crippen molar-refractivity contribution in [3.8, 4) is 0 Å². The molecule has 1 fully saturated rings. The van der Waals surface area contributed by atoms with Crippen molar-refractivity contribution in [2.24, 2.45) is 11.8 Å². The van der Waals surface area contributed by atoms with Gasteiger partial charge in [-0.2, -0.15) is 0 Å². The Kier molecular flexibility index (Phi) is 3.61. The predicted octanol–water partition coefficient (Wildman–Crippen LogP) is 1.53. The molecule has 2 rings (SSSR count). The molecule has 1 amide bonds. The smallest absolute Gasteiger partial charge is 0.225 e. The highest BCUT2D eigenvalue weighted by atomic mass is 32.1. The van der Waals surface area contributed by atoms with E-state index in [4.69, 9.17) is 0 Å². The summed E-state index contributed by atoms with van der Waals surface area (Å²) in [6.07, 6.45) is 0. The van der Waals surface area contributed by atoms with E-state index in [9.17, 15) is 4.79 Å². The van der Waals surface area contributed by atoms with E-state index < -0.39 is 0 Å². The van der Waals surface area contributed by atoms with E-state index in [1.165, 1.54) is 9.75 Å². The summed E-state index contributed by atoms with van der Waals surface area (Å²) in [5.74, 6) is 0.773. The second-order valence-electron chi connectivity index (χ2n) is 4.47. The molecule has 0 saturated carbocycles. The molecular weight excluding hydrogens is 220 g/mol. The molecule has 2 atom stereocenters. The quantitative estimate of drug-likeness (QED) is 0.838. The summed E-state index contributed by atoms with van der Waals surface area (Å²) < 4.78 is 0. The number of carbonyl (C=O) groups excluding carboxylic acids is 1. The average molecular weight is 238 g/mol. The van der Waals surface area contributed by atoms with Crippen LogP contribution in [0.15, 0.2) is 12.1 Å². The third kappa shape index (κ3) is 2.62. The molecule has 1 aromatic rings. The van der Waals surface area contributed by atoms with E-state index >= 15 is 0 Å². The van der Waals surface area contributed by atoms with Crippen LogP contribution in [0.25, 0.3) is 0 Å². The monoisotopic (exact) mass is 238 g/mol. The van der Waals surface area contributed by atoms with Crippen molar-refractivity contribution in [2.45, 2.75) is 20.4 Å². The first kappa shape index (κ1) is 11.6. The zero-order valence-electron chi connectivity index (χ0n) is 9.75. The van der Waals surface area contributed by atoms with Gasteiger partial charge < -0.3 is 10.6 Å². The topological polar surface area (TPSA) is 41.1 Å². The summed E-state index contributed by atoms with van der Waals surface area (Å²) in [7, 11) is 0. The van der Waals surface area contributed by atoms with Crippen LogP contribution in [0, 0.1) is 18.8 Å². The zero-order valence-corrected chi connectivity index (χ0v) is 10.6. The number of thiophene rings is 1. The van der Waals surface area contributed by atoms with Gasteiger partial charge in [-0.25, -0.2) is 0 Å². The molecule has 1 aromatic heterocycles. The van der Waals surface area contributed by atoms with Gasteiger partial charge in [-0.1, -0.05) is 6.92 Å². The zero-order chi connectivity index (χ0) is 11.5.